The Morgan fingerprint density at radius 2 is 1.67 bits per heavy atom. The Labute approximate surface area is 209 Å². The van der Waals surface area contributed by atoms with E-state index in [-0.39, 0.29) is 30.5 Å². The number of nitrogens with zero attached hydrogens (tertiary/aromatic N) is 3. The summed E-state index contributed by atoms with van der Waals surface area (Å²) in [6.07, 6.45) is 2.39. The van der Waals surface area contributed by atoms with E-state index in [1.54, 1.807) is 13.0 Å². The third-order valence-corrected chi connectivity index (χ3v) is 6.49. The van der Waals surface area contributed by atoms with Gasteiger partial charge in [-0.2, -0.15) is 8.78 Å². The van der Waals surface area contributed by atoms with Crippen molar-refractivity contribution in [3.05, 3.63) is 94.1 Å². The van der Waals surface area contributed by atoms with Crippen molar-refractivity contribution in [3.63, 3.8) is 0 Å². The average molecular weight is 493 g/mol. The fraction of sp³-hybridized carbons (Fsp3) is 0.357. The molecule has 2 heterocycles. The van der Waals surface area contributed by atoms with E-state index < -0.39 is 11.8 Å². The average Bonchev–Trinajstić information content (AvgIpc) is 2.87. The second-order valence-corrected chi connectivity index (χ2v) is 9.40. The lowest BCUT2D eigenvalue weighted by Gasteiger charge is -2.34. The largest absolute Gasteiger partial charge is 0.349 e. The number of carbonyl (C=O) groups is 2. The van der Waals surface area contributed by atoms with Crippen molar-refractivity contribution in [2.45, 2.75) is 52.0 Å². The van der Waals surface area contributed by atoms with E-state index in [4.69, 9.17) is 0 Å². The van der Waals surface area contributed by atoms with Gasteiger partial charge in [-0.25, -0.2) is 9.97 Å². The summed E-state index contributed by atoms with van der Waals surface area (Å²) >= 11 is 0. The Kier molecular flexibility index (Phi) is 7.43. The van der Waals surface area contributed by atoms with Crippen molar-refractivity contribution < 1.29 is 18.4 Å². The van der Waals surface area contributed by atoms with Crippen LogP contribution in [-0.2, 0) is 17.3 Å². The summed E-state index contributed by atoms with van der Waals surface area (Å²) in [5.41, 5.74) is 3.91. The van der Waals surface area contributed by atoms with Crippen LogP contribution in [0.4, 0.5) is 8.78 Å². The van der Waals surface area contributed by atoms with Gasteiger partial charge in [0, 0.05) is 37.3 Å². The van der Waals surface area contributed by atoms with Crippen LogP contribution >= 0.6 is 0 Å². The van der Waals surface area contributed by atoms with E-state index in [0.717, 1.165) is 16.7 Å². The van der Waals surface area contributed by atoms with Gasteiger partial charge in [0.15, 0.2) is 0 Å². The number of nitrogens with one attached hydrogen (secondary N) is 1. The van der Waals surface area contributed by atoms with Crippen molar-refractivity contribution in [3.8, 4) is 0 Å². The number of alkyl halides is 2. The molecule has 0 radical (unpaired) electrons. The lowest BCUT2D eigenvalue weighted by Crippen LogP contribution is -2.45. The Bertz CT molecular complexity index is 1240. The minimum absolute atomic E-state index is 0.136. The van der Waals surface area contributed by atoms with Gasteiger partial charge in [-0.3, -0.25) is 9.59 Å². The van der Waals surface area contributed by atoms with E-state index in [1.165, 1.54) is 35.4 Å². The van der Waals surface area contributed by atoms with E-state index in [9.17, 15) is 18.4 Å². The van der Waals surface area contributed by atoms with Crippen LogP contribution in [0.2, 0.25) is 0 Å². The molecular formula is C28H30F2N4O2. The molecule has 8 heteroatoms. The van der Waals surface area contributed by atoms with Crippen LogP contribution in [0.5, 0.6) is 0 Å². The third-order valence-electron chi connectivity index (χ3n) is 6.49. The van der Waals surface area contributed by atoms with Gasteiger partial charge < -0.3 is 10.2 Å². The summed E-state index contributed by atoms with van der Waals surface area (Å²) in [4.78, 5) is 35.7. The number of hydrogen-bond donors (Lipinski definition) is 1. The van der Waals surface area contributed by atoms with Gasteiger partial charge in [0.05, 0.1) is 11.3 Å². The number of aromatic nitrogens is 2. The Morgan fingerprint density at radius 1 is 1.03 bits per heavy atom. The maximum atomic E-state index is 14.8. The Morgan fingerprint density at radius 3 is 2.31 bits per heavy atom. The lowest BCUT2D eigenvalue weighted by molar-refractivity contribution is -0.160. The van der Waals surface area contributed by atoms with Crippen LogP contribution < -0.4 is 5.32 Å². The minimum atomic E-state index is -3.58. The molecule has 1 N–H and O–H groups in total. The number of likely N-dealkylation sites (tertiary alicyclic amines) is 1. The van der Waals surface area contributed by atoms with Crippen molar-refractivity contribution in [1.82, 2.24) is 20.2 Å². The fourth-order valence-corrected chi connectivity index (χ4v) is 4.75. The van der Waals surface area contributed by atoms with Gasteiger partial charge in [0.2, 0.25) is 0 Å². The predicted octanol–water partition coefficient (Wildman–Crippen LogP) is 4.83. The Balaban J connectivity index is 1.45. The highest BCUT2D eigenvalue weighted by atomic mass is 19.3. The number of rotatable bonds is 6. The molecule has 1 aromatic heterocycles. The van der Waals surface area contributed by atoms with Crippen LogP contribution in [0.25, 0.3) is 0 Å². The Hall–Kier alpha value is -3.68. The van der Waals surface area contributed by atoms with Crippen molar-refractivity contribution in [1.29, 1.82) is 0 Å². The molecule has 0 bridgehead atoms. The van der Waals surface area contributed by atoms with Crippen LogP contribution in [0.1, 0.15) is 62.9 Å². The first-order chi connectivity index (χ1) is 17.1. The molecule has 0 atom stereocenters. The third kappa shape index (κ3) is 5.58. The molecule has 1 fully saturated rings. The zero-order valence-electron chi connectivity index (χ0n) is 20.7. The smallest absolute Gasteiger partial charge is 0.348 e. The van der Waals surface area contributed by atoms with E-state index in [2.05, 4.69) is 21.4 Å². The molecule has 2 aromatic carbocycles. The van der Waals surface area contributed by atoms with Gasteiger partial charge in [-0.05, 0) is 39.2 Å². The first-order valence-corrected chi connectivity index (χ1v) is 12.1. The summed E-state index contributed by atoms with van der Waals surface area (Å²) in [5, 5.41) is 2.95. The molecule has 0 saturated carbocycles. The standard InChI is InChI=1S/C28H30F2N4O2/c1-18-13-19(2)15-21(14-18)16-32-26(35)24-17-31-20(3)33-25(24)22-9-11-34(12-10-22)27(36)28(29,30)23-7-5-4-6-8-23/h4-8,13-15,17,22H,9-12,16H2,1-3H3,(H,32,35). The molecule has 2 amide bonds. The molecule has 0 aliphatic carbocycles. The van der Waals surface area contributed by atoms with Crippen molar-refractivity contribution in [2.75, 3.05) is 13.1 Å². The van der Waals surface area contributed by atoms with Crippen LogP contribution in [-0.4, -0.2) is 39.8 Å². The minimum Gasteiger partial charge on any atom is -0.348 e. The van der Waals surface area contributed by atoms with Crippen LogP contribution in [0.3, 0.4) is 0 Å². The maximum absolute atomic E-state index is 14.8. The fourth-order valence-electron chi connectivity index (χ4n) is 4.75. The summed E-state index contributed by atoms with van der Waals surface area (Å²) in [6.45, 7) is 6.47. The van der Waals surface area contributed by atoms with Crippen molar-refractivity contribution >= 4 is 11.8 Å². The molecule has 0 spiro atoms. The molecule has 188 valence electrons. The SMILES string of the molecule is Cc1cc(C)cc(CNC(=O)c2cnc(C)nc2C2CCN(C(=O)C(F)(F)c3ccccc3)CC2)c1. The molecule has 0 unspecified atom stereocenters. The highest BCUT2D eigenvalue weighted by Crippen LogP contribution is 2.34. The molecule has 1 aliphatic rings. The second-order valence-electron chi connectivity index (χ2n) is 9.40. The number of benzene rings is 2. The molecule has 36 heavy (non-hydrogen) atoms. The molecular weight excluding hydrogens is 462 g/mol. The monoisotopic (exact) mass is 492 g/mol. The van der Waals surface area contributed by atoms with Gasteiger partial charge >= 0.3 is 5.92 Å². The van der Waals surface area contributed by atoms with E-state index in [1.807, 2.05) is 26.0 Å². The quantitative estimate of drug-likeness (QED) is 0.535. The van der Waals surface area contributed by atoms with Crippen LogP contribution in [0, 0.1) is 20.8 Å². The summed E-state index contributed by atoms with van der Waals surface area (Å²) in [5.74, 6) is -4.66. The summed E-state index contributed by atoms with van der Waals surface area (Å²) < 4.78 is 29.6. The number of amides is 2. The summed E-state index contributed by atoms with van der Waals surface area (Å²) in [7, 11) is 0. The number of carbonyl (C=O) groups excluding carboxylic acids is 2. The lowest BCUT2D eigenvalue weighted by atomic mass is 9.90. The molecule has 1 saturated heterocycles. The number of piperidine rings is 1. The zero-order chi connectivity index (χ0) is 25.9. The number of halogens is 2. The zero-order valence-corrected chi connectivity index (χ0v) is 20.7. The highest BCUT2D eigenvalue weighted by Gasteiger charge is 2.44. The van der Waals surface area contributed by atoms with E-state index in [0.29, 0.717) is 36.5 Å². The first-order valence-electron chi connectivity index (χ1n) is 12.1. The first kappa shape index (κ1) is 25.4. The summed E-state index contributed by atoms with van der Waals surface area (Å²) in [6, 6.07) is 13.3. The maximum Gasteiger partial charge on any atom is 0.349 e. The van der Waals surface area contributed by atoms with E-state index >= 15 is 0 Å². The van der Waals surface area contributed by atoms with Gasteiger partial charge in [-0.1, -0.05) is 59.7 Å². The molecule has 6 nitrogen and oxygen atoms in total. The highest BCUT2D eigenvalue weighted by molar-refractivity contribution is 5.95. The topological polar surface area (TPSA) is 75.2 Å². The van der Waals surface area contributed by atoms with Crippen LogP contribution in [0.15, 0.2) is 54.7 Å². The second kappa shape index (κ2) is 10.5. The molecule has 1 aliphatic heterocycles. The van der Waals surface area contributed by atoms with Gasteiger partial charge in [-0.15, -0.1) is 0 Å². The molecule has 3 aromatic rings. The van der Waals surface area contributed by atoms with Crippen molar-refractivity contribution in [2.24, 2.45) is 0 Å². The number of hydrogen-bond acceptors (Lipinski definition) is 4. The van der Waals surface area contributed by atoms with Gasteiger partial charge in [0.25, 0.3) is 11.8 Å². The molecule has 4 rings (SSSR count). The number of aryl methyl sites for hydroxylation is 3. The predicted molar refractivity (Wildman–Crippen MR) is 133 cm³/mol. The van der Waals surface area contributed by atoms with Gasteiger partial charge in [0.1, 0.15) is 5.82 Å². The normalized spacial score (nSPS) is 14.5.